The average Bonchev–Trinajstić information content (AvgIpc) is 3.06. The van der Waals surface area contributed by atoms with E-state index in [1.54, 1.807) is 17.8 Å². The van der Waals surface area contributed by atoms with E-state index in [1.807, 2.05) is 12.1 Å². The number of aromatic hydroxyl groups is 1. The standard InChI is InChI=1S/C16H16BrN2O4PS3/c1-2-18-11-9-10(17)3-4-12(11)26-14(18)6-5-13-15(20)19(16(25)27-13)7-8-24(21,22)23/h3-5,9,20H,2,7-8H2,1H3,(H2,21,22,23). The highest BCUT2D eigenvalue weighted by Gasteiger charge is 2.24. The number of anilines is 1. The van der Waals surface area contributed by atoms with Crippen LogP contribution in [0.3, 0.4) is 0 Å². The van der Waals surface area contributed by atoms with Crippen LogP contribution in [-0.4, -0.2) is 32.2 Å². The first-order chi connectivity index (χ1) is 12.7. The molecule has 0 atom stereocenters. The maximum atomic E-state index is 11.1. The van der Waals surface area contributed by atoms with Gasteiger partial charge >= 0.3 is 7.60 Å². The summed E-state index contributed by atoms with van der Waals surface area (Å²) in [5.74, 6) is -0.0992. The fraction of sp³-hybridized carbons (Fsp3) is 0.250. The second-order valence-corrected chi connectivity index (χ2v) is 11.0. The van der Waals surface area contributed by atoms with Gasteiger partial charge in [0.2, 0.25) is 5.88 Å². The van der Waals surface area contributed by atoms with Crippen LogP contribution in [0.15, 0.2) is 38.3 Å². The molecule has 1 aliphatic heterocycles. The van der Waals surface area contributed by atoms with Crippen LogP contribution in [0.5, 0.6) is 5.88 Å². The van der Waals surface area contributed by atoms with Crippen molar-refractivity contribution in [3.8, 4) is 5.88 Å². The Morgan fingerprint density at radius 2 is 2.15 bits per heavy atom. The van der Waals surface area contributed by atoms with Gasteiger partial charge in [0.15, 0.2) is 3.95 Å². The van der Waals surface area contributed by atoms with E-state index in [0.717, 1.165) is 26.6 Å². The lowest BCUT2D eigenvalue weighted by Gasteiger charge is -2.16. The minimum Gasteiger partial charge on any atom is -0.493 e. The number of fused-ring (bicyclic) bond motifs is 1. The molecule has 0 radical (unpaired) electrons. The molecule has 27 heavy (non-hydrogen) atoms. The van der Waals surface area contributed by atoms with Crippen molar-refractivity contribution < 1.29 is 19.5 Å². The van der Waals surface area contributed by atoms with Crippen LogP contribution in [0.25, 0.3) is 6.08 Å². The summed E-state index contributed by atoms with van der Waals surface area (Å²) in [6.07, 6.45) is 1.29. The molecule has 0 unspecified atom stereocenters. The summed E-state index contributed by atoms with van der Waals surface area (Å²) < 4.78 is 13.8. The van der Waals surface area contributed by atoms with Crippen molar-refractivity contribution >= 4 is 70.6 Å². The van der Waals surface area contributed by atoms with Crippen molar-refractivity contribution in [2.24, 2.45) is 0 Å². The second kappa shape index (κ2) is 8.27. The van der Waals surface area contributed by atoms with Gasteiger partial charge in [0.25, 0.3) is 0 Å². The van der Waals surface area contributed by atoms with Gasteiger partial charge in [-0.25, -0.2) is 0 Å². The van der Waals surface area contributed by atoms with E-state index in [4.69, 9.17) is 22.0 Å². The predicted molar refractivity (Wildman–Crippen MR) is 116 cm³/mol. The summed E-state index contributed by atoms with van der Waals surface area (Å²) >= 11 is 11.5. The number of nitrogens with zero attached hydrogens (tertiary/aromatic N) is 2. The lowest BCUT2D eigenvalue weighted by Crippen LogP contribution is -2.15. The highest BCUT2D eigenvalue weighted by Crippen LogP contribution is 2.46. The van der Waals surface area contributed by atoms with Crippen molar-refractivity contribution in [3.63, 3.8) is 0 Å². The molecule has 1 aromatic carbocycles. The molecule has 0 amide bonds. The number of halogens is 1. The Bertz CT molecular complexity index is 1050. The smallest absolute Gasteiger partial charge is 0.327 e. The van der Waals surface area contributed by atoms with Gasteiger partial charge in [0.05, 0.1) is 16.7 Å². The molecule has 0 bridgehead atoms. The van der Waals surface area contributed by atoms with E-state index < -0.39 is 7.60 Å². The van der Waals surface area contributed by atoms with Gasteiger partial charge < -0.3 is 19.8 Å². The molecule has 2 aromatic rings. The minimum atomic E-state index is -4.16. The Labute approximate surface area is 178 Å². The molecule has 3 N–H and O–H groups in total. The molecular weight excluding hydrogens is 491 g/mol. The monoisotopic (exact) mass is 506 g/mol. The third kappa shape index (κ3) is 4.78. The second-order valence-electron chi connectivity index (χ2n) is 5.65. The first kappa shape index (κ1) is 20.9. The average molecular weight is 507 g/mol. The first-order valence-corrected chi connectivity index (χ1v) is 12.5. The van der Waals surface area contributed by atoms with E-state index in [2.05, 4.69) is 39.6 Å². The molecule has 2 heterocycles. The van der Waals surface area contributed by atoms with Crippen LogP contribution >= 0.6 is 58.8 Å². The molecule has 1 aliphatic rings. The van der Waals surface area contributed by atoms with Crippen LogP contribution < -0.4 is 4.90 Å². The molecule has 0 fully saturated rings. The molecule has 0 aliphatic carbocycles. The topological polar surface area (TPSA) is 85.9 Å². The first-order valence-electron chi connectivity index (χ1n) is 7.88. The lowest BCUT2D eigenvalue weighted by atomic mass is 10.3. The van der Waals surface area contributed by atoms with E-state index >= 15 is 0 Å². The maximum absolute atomic E-state index is 11.1. The van der Waals surface area contributed by atoms with Crippen molar-refractivity contribution in [2.75, 3.05) is 17.6 Å². The number of thiazole rings is 1. The summed E-state index contributed by atoms with van der Waals surface area (Å²) in [6, 6.07) is 6.09. The Balaban J connectivity index is 1.92. The van der Waals surface area contributed by atoms with Crippen molar-refractivity contribution in [1.82, 2.24) is 4.57 Å². The highest BCUT2D eigenvalue weighted by molar-refractivity contribution is 9.10. The summed E-state index contributed by atoms with van der Waals surface area (Å²) in [5, 5.41) is 11.3. The van der Waals surface area contributed by atoms with Gasteiger partial charge in [-0.2, -0.15) is 0 Å². The molecule has 144 valence electrons. The number of benzene rings is 1. The van der Waals surface area contributed by atoms with E-state index in [9.17, 15) is 9.67 Å². The molecule has 0 spiro atoms. The molecule has 6 nitrogen and oxygen atoms in total. The van der Waals surface area contributed by atoms with Crippen LogP contribution in [0.4, 0.5) is 5.69 Å². The van der Waals surface area contributed by atoms with Gasteiger partial charge in [0, 0.05) is 28.5 Å². The van der Waals surface area contributed by atoms with Gasteiger partial charge in [0.1, 0.15) is 5.03 Å². The molecule has 11 heteroatoms. The van der Waals surface area contributed by atoms with Gasteiger partial charge in [-0.3, -0.25) is 9.13 Å². The zero-order chi connectivity index (χ0) is 19.8. The maximum Gasteiger partial charge on any atom is 0.327 e. The van der Waals surface area contributed by atoms with Crippen LogP contribution in [0.2, 0.25) is 0 Å². The fourth-order valence-electron chi connectivity index (χ4n) is 2.54. The Kier molecular flexibility index (Phi) is 6.40. The molecular formula is C16H16BrN2O4PS3. The minimum absolute atomic E-state index is 0.0365. The number of rotatable bonds is 5. The van der Waals surface area contributed by atoms with Gasteiger partial charge in [-0.1, -0.05) is 33.4 Å². The molecule has 1 aromatic heterocycles. The van der Waals surface area contributed by atoms with E-state index in [0.29, 0.717) is 8.83 Å². The van der Waals surface area contributed by atoms with Crippen LogP contribution in [0, 0.1) is 3.95 Å². The number of hydrogen-bond acceptors (Lipinski definition) is 6. The summed E-state index contributed by atoms with van der Waals surface area (Å²) in [7, 11) is -4.16. The summed E-state index contributed by atoms with van der Waals surface area (Å²) in [5.41, 5.74) is 4.32. The molecule has 0 saturated heterocycles. The number of hydrogen-bond donors (Lipinski definition) is 3. The fourth-order valence-corrected chi connectivity index (χ4v) is 5.67. The Morgan fingerprint density at radius 1 is 1.41 bits per heavy atom. The summed E-state index contributed by atoms with van der Waals surface area (Å²) in [4.78, 5) is 21.8. The van der Waals surface area contributed by atoms with Crippen molar-refractivity contribution in [2.45, 2.75) is 18.4 Å². The lowest BCUT2D eigenvalue weighted by molar-refractivity contribution is 0.366. The Morgan fingerprint density at radius 3 is 2.81 bits per heavy atom. The van der Waals surface area contributed by atoms with E-state index in [1.165, 1.54) is 15.9 Å². The third-order valence-corrected chi connectivity index (χ3v) is 7.57. The number of aromatic nitrogens is 1. The van der Waals surface area contributed by atoms with Gasteiger partial charge in [-0.15, -0.1) is 11.3 Å². The van der Waals surface area contributed by atoms with Crippen molar-refractivity contribution in [1.29, 1.82) is 0 Å². The number of thioether (sulfide) groups is 1. The Hall–Kier alpha value is -0.830. The summed E-state index contributed by atoms with van der Waals surface area (Å²) in [6.45, 7) is 2.79. The SMILES string of the molecule is CCN1C(=C=Cc2sc(=S)n(CCP(=O)(O)O)c2O)Sc2ccc(Br)cc21. The van der Waals surface area contributed by atoms with Crippen molar-refractivity contribution in [3.05, 3.63) is 42.3 Å². The van der Waals surface area contributed by atoms with Gasteiger partial charge in [-0.05, 0) is 37.3 Å². The highest BCUT2D eigenvalue weighted by atomic mass is 79.9. The largest absolute Gasteiger partial charge is 0.493 e. The predicted octanol–water partition coefficient (Wildman–Crippen LogP) is 5.01. The molecule has 3 rings (SSSR count). The van der Waals surface area contributed by atoms with Crippen LogP contribution in [0.1, 0.15) is 11.8 Å². The quantitative estimate of drug-likeness (QED) is 0.298. The normalized spacial score (nSPS) is 13.6. The zero-order valence-corrected chi connectivity index (χ0v) is 19.1. The van der Waals surface area contributed by atoms with Crippen LogP contribution in [-0.2, 0) is 11.1 Å². The zero-order valence-electron chi connectivity index (χ0n) is 14.1. The molecule has 0 saturated carbocycles. The third-order valence-electron chi connectivity index (χ3n) is 3.82. The van der Waals surface area contributed by atoms with E-state index in [-0.39, 0.29) is 18.6 Å².